The van der Waals surface area contributed by atoms with Gasteiger partial charge in [-0.25, -0.2) is 4.98 Å². The van der Waals surface area contributed by atoms with E-state index in [1.54, 1.807) is 0 Å². The highest BCUT2D eigenvalue weighted by Crippen LogP contribution is 2.38. The zero-order valence-electron chi connectivity index (χ0n) is 15.6. The lowest BCUT2D eigenvalue weighted by Gasteiger charge is -2.26. The van der Waals surface area contributed by atoms with Crippen LogP contribution in [-0.2, 0) is 12.8 Å². The van der Waals surface area contributed by atoms with E-state index in [2.05, 4.69) is 54.4 Å². The first-order valence-corrected chi connectivity index (χ1v) is 9.58. The van der Waals surface area contributed by atoms with Gasteiger partial charge in [0.2, 0.25) is 0 Å². The number of anilines is 1. The van der Waals surface area contributed by atoms with Crippen LogP contribution in [0.25, 0.3) is 22.3 Å². The number of nitrogen functional groups attached to an aromatic ring is 1. The van der Waals surface area contributed by atoms with Crippen molar-refractivity contribution in [1.82, 2.24) is 4.98 Å². The largest absolute Gasteiger partial charge is 0.383 e. The topological polar surface area (TPSA) is 62.7 Å². The zero-order valence-corrected chi connectivity index (χ0v) is 15.6. The Balaban J connectivity index is 1.83. The minimum atomic E-state index is 0.355. The molecule has 27 heavy (non-hydrogen) atoms. The molecule has 1 atom stereocenters. The molecule has 2 N–H and O–H groups in total. The van der Waals surface area contributed by atoms with Crippen molar-refractivity contribution in [3.8, 4) is 28.3 Å². The summed E-state index contributed by atoms with van der Waals surface area (Å²) in [4.78, 5) is 4.56. The molecule has 0 saturated heterocycles. The van der Waals surface area contributed by atoms with Gasteiger partial charge < -0.3 is 5.73 Å². The quantitative estimate of drug-likeness (QED) is 0.687. The summed E-state index contributed by atoms with van der Waals surface area (Å²) in [7, 11) is 0. The van der Waals surface area contributed by atoms with Gasteiger partial charge in [-0.05, 0) is 47.4 Å². The fourth-order valence-corrected chi connectivity index (χ4v) is 4.09. The van der Waals surface area contributed by atoms with Gasteiger partial charge in [-0.3, -0.25) is 0 Å². The lowest BCUT2D eigenvalue weighted by atomic mass is 9.80. The minimum absolute atomic E-state index is 0.355. The highest BCUT2D eigenvalue weighted by Gasteiger charge is 2.25. The van der Waals surface area contributed by atoms with Crippen molar-refractivity contribution >= 4 is 5.82 Å². The molecule has 1 heterocycles. The summed E-state index contributed by atoms with van der Waals surface area (Å²) in [6.07, 6.45) is 4.22. The normalized spacial score (nSPS) is 15.8. The summed E-state index contributed by atoms with van der Waals surface area (Å²) < 4.78 is 0. The molecule has 1 aliphatic rings. The first kappa shape index (κ1) is 17.3. The van der Waals surface area contributed by atoms with Crippen LogP contribution in [0.1, 0.15) is 36.6 Å². The Morgan fingerprint density at radius 3 is 2.37 bits per heavy atom. The van der Waals surface area contributed by atoms with Gasteiger partial charge in [-0.15, -0.1) is 0 Å². The Kier molecular flexibility index (Phi) is 4.64. The Morgan fingerprint density at radius 1 is 1.04 bits per heavy atom. The lowest BCUT2D eigenvalue weighted by Crippen LogP contribution is -2.18. The van der Waals surface area contributed by atoms with Crippen LogP contribution in [0.5, 0.6) is 0 Å². The smallest absolute Gasteiger partial charge is 0.142 e. The van der Waals surface area contributed by atoms with Gasteiger partial charge in [-0.2, -0.15) is 5.26 Å². The summed E-state index contributed by atoms with van der Waals surface area (Å²) >= 11 is 0. The first-order valence-electron chi connectivity index (χ1n) is 9.58. The Bertz CT molecular complexity index is 999. The molecule has 0 spiro atoms. The van der Waals surface area contributed by atoms with Crippen molar-refractivity contribution in [2.45, 2.75) is 32.6 Å². The van der Waals surface area contributed by atoms with Gasteiger partial charge in [0.05, 0.1) is 0 Å². The number of pyridine rings is 1. The van der Waals surface area contributed by atoms with Crippen LogP contribution >= 0.6 is 0 Å². The molecule has 2 aromatic carbocycles. The number of nitrogens with two attached hydrogens (primary N) is 1. The van der Waals surface area contributed by atoms with E-state index >= 15 is 0 Å². The molecule has 0 saturated carbocycles. The maximum absolute atomic E-state index is 9.75. The number of aromatic nitrogens is 1. The monoisotopic (exact) mass is 353 g/mol. The maximum atomic E-state index is 9.75. The highest BCUT2D eigenvalue weighted by molar-refractivity contribution is 5.80. The van der Waals surface area contributed by atoms with E-state index in [0.29, 0.717) is 17.3 Å². The predicted molar refractivity (Wildman–Crippen MR) is 110 cm³/mol. The molecule has 0 radical (unpaired) electrons. The number of hydrogen-bond donors (Lipinski definition) is 1. The molecule has 3 heteroatoms. The van der Waals surface area contributed by atoms with Crippen LogP contribution in [0.15, 0.2) is 54.6 Å². The van der Waals surface area contributed by atoms with Crippen molar-refractivity contribution < 1.29 is 0 Å². The van der Waals surface area contributed by atoms with E-state index in [0.717, 1.165) is 42.5 Å². The van der Waals surface area contributed by atoms with Crippen LogP contribution in [0, 0.1) is 17.2 Å². The van der Waals surface area contributed by atoms with Gasteiger partial charge in [-0.1, -0.05) is 67.9 Å². The van der Waals surface area contributed by atoms with Crippen molar-refractivity contribution in [3.05, 3.63) is 71.4 Å². The third-order valence-electron chi connectivity index (χ3n) is 5.66. The van der Waals surface area contributed by atoms with E-state index in [4.69, 9.17) is 5.73 Å². The lowest BCUT2D eigenvalue weighted by molar-refractivity contribution is 0.441. The van der Waals surface area contributed by atoms with Gasteiger partial charge in [0.1, 0.15) is 17.5 Å². The third-order valence-corrected chi connectivity index (χ3v) is 5.66. The predicted octanol–water partition coefficient (Wildman–Crippen LogP) is 5.38. The molecule has 0 aliphatic heterocycles. The molecule has 134 valence electrons. The molecule has 0 fully saturated rings. The molecule has 3 aromatic rings. The van der Waals surface area contributed by atoms with Crippen molar-refractivity contribution in [2.24, 2.45) is 5.92 Å². The number of aryl methyl sites for hydroxylation is 1. The maximum Gasteiger partial charge on any atom is 0.142 e. The second kappa shape index (κ2) is 7.25. The van der Waals surface area contributed by atoms with Crippen molar-refractivity contribution in [3.63, 3.8) is 0 Å². The van der Waals surface area contributed by atoms with Crippen LogP contribution in [0.3, 0.4) is 0 Å². The van der Waals surface area contributed by atoms with Crippen LogP contribution in [0.2, 0.25) is 0 Å². The fourth-order valence-electron chi connectivity index (χ4n) is 4.09. The van der Waals surface area contributed by atoms with E-state index in [1.165, 1.54) is 16.7 Å². The van der Waals surface area contributed by atoms with Crippen LogP contribution < -0.4 is 5.73 Å². The number of nitrogens with zero attached hydrogens (tertiary/aromatic N) is 2. The highest BCUT2D eigenvalue weighted by atomic mass is 14.9. The zero-order chi connectivity index (χ0) is 18.8. The second-order valence-corrected chi connectivity index (χ2v) is 7.24. The van der Waals surface area contributed by atoms with E-state index in [-0.39, 0.29) is 0 Å². The summed E-state index contributed by atoms with van der Waals surface area (Å²) in [5.41, 5.74) is 13.3. The third kappa shape index (κ3) is 3.19. The number of nitriles is 1. The molecule has 1 unspecified atom stereocenters. The van der Waals surface area contributed by atoms with Crippen molar-refractivity contribution in [1.29, 1.82) is 5.26 Å². The standard InChI is InChI=1S/C24H23N3/c1-2-16-8-13-22-20(14-16)23(21(15-25)24(26)27-22)19-11-9-18(10-12-19)17-6-4-3-5-7-17/h3-7,9-12,16H,2,8,13-14H2,1H3,(H2,26,27). The number of rotatable bonds is 3. The molecule has 0 amide bonds. The van der Waals surface area contributed by atoms with E-state index in [9.17, 15) is 5.26 Å². The Hall–Kier alpha value is -3.12. The average Bonchev–Trinajstić information content (AvgIpc) is 2.73. The summed E-state index contributed by atoms with van der Waals surface area (Å²) in [6.45, 7) is 2.24. The Morgan fingerprint density at radius 2 is 1.70 bits per heavy atom. The SMILES string of the molecule is CCC1CCc2nc(N)c(C#N)c(-c3ccc(-c4ccccc4)cc3)c2C1. The average molecular weight is 353 g/mol. The number of fused-ring (bicyclic) bond motifs is 1. The molecular formula is C24H23N3. The fraction of sp³-hybridized carbons (Fsp3) is 0.250. The Labute approximate surface area is 160 Å². The summed E-state index contributed by atoms with van der Waals surface area (Å²) in [5, 5.41) is 9.75. The molecule has 3 nitrogen and oxygen atoms in total. The number of hydrogen-bond acceptors (Lipinski definition) is 3. The van der Waals surface area contributed by atoms with Gasteiger partial charge >= 0.3 is 0 Å². The van der Waals surface area contributed by atoms with Gasteiger partial charge in [0.25, 0.3) is 0 Å². The second-order valence-electron chi connectivity index (χ2n) is 7.24. The molecule has 1 aromatic heterocycles. The first-order chi connectivity index (χ1) is 13.2. The summed E-state index contributed by atoms with van der Waals surface area (Å²) in [6, 6.07) is 21.1. The summed E-state index contributed by atoms with van der Waals surface area (Å²) in [5.74, 6) is 1.00. The van der Waals surface area contributed by atoms with Crippen molar-refractivity contribution in [2.75, 3.05) is 5.73 Å². The molecule has 1 aliphatic carbocycles. The minimum Gasteiger partial charge on any atom is -0.383 e. The van der Waals surface area contributed by atoms with Gasteiger partial charge in [0, 0.05) is 11.3 Å². The van der Waals surface area contributed by atoms with Gasteiger partial charge in [0.15, 0.2) is 0 Å². The van der Waals surface area contributed by atoms with Crippen LogP contribution in [-0.4, -0.2) is 4.98 Å². The van der Waals surface area contributed by atoms with Crippen LogP contribution in [0.4, 0.5) is 5.82 Å². The molecule has 0 bridgehead atoms. The van der Waals surface area contributed by atoms with E-state index < -0.39 is 0 Å². The molecule has 4 rings (SSSR count). The molecular weight excluding hydrogens is 330 g/mol. The van der Waals surface area contributed by atoms with E-state index in [1.807, 2.05) is 18.2 Å². The number of benzene rings is 2.